The minimum atomic E-state index is -0.188. The summed E-state index contributed by atoms with van der Waals surface area (Å²) in [5.41, 5.74) is 0.937. The Morgan fingerprint density at radius 1 is 1.47 bits per heavy atom. The molecular weight excluding hydrogens is 232 g/mol. The maximum absolute atomic E-state index is 10.7. The molecule has 0 heterocycles. The van der Waals surface area contributed by atoms with Gasteiger partial charge in [-0.25, -0.2) is 0 Å². The molecule has 0 saturated carbocycles. The van der Waals surface area contributed by atoms with E-state index in [4.69, 9.17) is 23.8 Å². The van der Waals surface area contributed by atoms with Gasteiger partial charge >= 0.3 is 0 Å². The SMILES string of the molecule is CC(=O)NC(=S)NCc1ccccc1Cl. The van der Waals surface area contributed by atoms with Crippen molar-refractivity contribution in [3.8, 4) is 0 Å². The molecule has 3 nitrogen and oxygen atoms in total. The Balaban J connectivity index is 2.47. The highest BCUT2D eigenvalue weighted by Gasteiger charge is 2.01. The Kier molecular flexibility index (Phi) is 4.52. The second kappa shape index (κ2) is 5.68. The molecule has 5 heteroatoms. The standard InChI is InChI=1S/C10H11ClN2OS/c1-7(14)13-10(15)12-6-8-4-2-3-5-9(8)11/h2-5H,6H2,1H3,(H2,12,13,14,15). The fraction of sp³-hybridized carbons (Fsp3) is 0.200. The average molecular weight is 243 g/mol. The molecule has 0 unspecified atom stereocenters. The lowest BCUT2D eigenvalue weighted by Crippen LogP contribution is -2.37. The summed E-state index contributed by atoms with van der Waals surface area (Å²) in [4.78, 5) is 10.7. The summed E-state index contributed by atoms with van der Waals surface area (Å²) in [7, 11) is 0. The Labute approximate surface area is 98.8 Å². The predicted molar refractivity (Wildman–Crippen MR) is 64.7 cm³/mol. The van der Waals surface area contributed by atoms with Crippen molar-refractivity contribution in [2.24, 2.45) is 0 Å². The third kappa shape index (κ3) is 4.27. The van der Waals surface area contributed by atoms with Crippen LogP contribution < -0.4 is 10.6 Å². The molecule has 0 aliphatic carbocycles. The van der Waals surface area contributed by atoms with Crippen LogP contribution in [0, 0.1) is 0 Å². The molecule has 0 spiro atoms. The van der Waals surface area contributed by atoms with Crippen LogP contribution in [-0.2, 0) is 11.3 Å². The normalized spacial score (nSPS) is 9.47. The number of carbonyl (C=O) groups excluding carboxylic acids is 1. The topological polar surface area (TPSA) is 41.1 Å². The number of hydrogen-bond acceptors (Lipinski definition) is 2. The second-order valence-electron chi connectivity index (χ2n) is 2.96. The summed E-state index contributed by atoms with van der Waals surface area (Å²) >= 11 is 10.8. The van der Waals surface area contributed by atoms with Gasteiger partial charge in [-0.1, -0.05) is 29.8 Å². The number of carbonyl (C=O) groups is 1. The fourth-order valence-corrected chi connectivity index (χ4v) is 1.44. The van der Waals surface area contributed by atoms with Crippen molar-refractivity contribution < 1.29 is 4.79 Å². The molecule has 0 radical (unpaired) electrons. The maximum atomic E-state index is 10.7. The zero-order valence-electron chi connectivity index (χ0n) is 8.21. The van der Waals surface area contributed by atoms with E-state index in [9.17, 15) is 4.79 Å². The molecule has 1 rings (SSSR count). The van der Waals surface area contributed by atoms with Crippen LogP contribution in [0.3, 0.4) is 0 Å². The van der Waals surface area contributed by atoms with Crippen LogP contribution in [0.25, 0.3) is 0 Å². The van der Waals surface area contributed by atoms with Crippen LogP contribution in [0.2, 0.25) is 5.02 Å². The summed E-state index contributed by atoms with van der Waals surface area (Å²) in [5, 5.41) is 6.34. The Hall–Kier alpha value is -1.13. The van der Waals surface area contributed by atoms with E-state index < -0.39 is 0 Å². The first-order valence-corrected chi connectivity index (χ1v) is 5.17. The highest BCUT2D eigenvalue weighted by molar-refractivity contribution is 7.80. The monoisotopic (exact) mass is 242 g/mol. The van der Waals surface area contributed by atoms with E-state index in [1.54, 1.807) is 6.07 Å². The van der Waals surface area contributed by atoms with Crippen molar-refractivity contribution >= 4 is 34.8 Å². The van der Waals surface area contributed by atoms with Crippen molar-refractivity contribution in [1.82, 2.24) is 10.6 Å². The Morgan fingerprint density at radius 3 is 2.73 bits per heavy atom. The summed E-state index contributed by atoms with van der Waals surface area (Å²) in [6.45, 7) is 1.91. The molecule has 15 heavy (non-hydrogen) atoms. The minimum absolute atomic E-state index is 0.188. The number of rotatable bonds is 2. The van der Waals surface area contributed by atoms with Crippen LogP contribution in [0.5, 0.6) is 0 Å². The van der Waals surface area contributed by atoms with Crippen LogP contribution in [0.15, 0.2) is 24.3 Å². The quantitative estimate of drug-likeness (QED) is 0.778. The predicted octanol–water partition coefficient (Wildman–Crippen LogP) is 1.85. The summed E-state index contributed by atoms with van der Waals surface area (Å²) < 4.78 is 0. The van der Waals surface area contributed by atoms with Crippen molar-refractivity contribution in [3.05, 3.63) is 34.9 Å². The van der Waals surface area contributed by atoms with Crippen LogP contribution in [0.1, 0.15) is 12.5 Å². The summed E-state index contributed by atoms with van der Waals surface area (Å²) in [6.07, 6.45) is 0. The van der Waals surface area contributed by atoms with Gasteiger partial charge in [0.1, 0.15) is 0 Å². The number of amides is 1. The van der Waals surface area contributed by atoms with Crippen molar-refractivity contribution in [2.45, 2.75) is 13.5 Å². The lowest BCUT2D eigenvalue weighted by molar-refractivity contribution is -0.117. The largest absolute Gasteiger partial charge is 0.358 e. The van der Waals surface area contributed by atoms with Gasteiger partial charge in [0.05, 0.1) is 0 Å². The minimum Gasteiger partial charge on any atom is -0.358 e. The van der Waals surface area contributed by atoms with E-state index >= 15 is 0 Å². The first-order chi connectivity index (χ1) is 7.09. The van der Waals surface area contributed by atoms with Crippen molar-refractivity contribution in [3.63, 3.8) is 0 Å². The number of nitrogens with one attached hydrogen (secondary N) is 2. The lowest BCUT2D eigenvalue weighted by Gasteiger charge is -2.08. The van der Waals surface area contributed by atoms with Crippen LogP contribution >= 0.6 is 23.8 Å². The third-order valence-corrected chi connectivity index (χ3v) is 2.30. The second-order valence-corrected chi connectivity index (χ2v) is 3.77. The first-order valence-electron chi connectivity index (χ1n) is 4.38. The summed E-state index contributed by atoms with van der Waals surface area (Å²) in [6, 6.07) is 7.45. The molecule has 0 aromatic heterocycles. The Morgan fingerprint density at radius 2 is 2.13 bits per heavy atom. The number of benzene rings is 1. The average Bonchev–Trinajstić information content (AvgIpc) is 2.15. The van der Waals surface area contributed by atoms with Gasteiger partial charge in [0.2, 0.25) is 5.91 Å². The van der Waals surface area contributed by atoms with E-state index in [-0.39, 0.29) is 5.91 Å². The van der Waals surface area contributed by atoms with Gasteiger partial charge in [0.15, 0.2) is 5.11 Å². The third-order valence-electron chi connectivity index (χ3n) is 1.69. The van der Waals surface area contributed by atoms with Gasteiger partial charge < -0.3 is 10.6 Å². The molecule has 1 aromatic rings. The zero-order chi connectivity index (χ0) is 11.3. The van der Waals surface area contributed by atoms with Crippen molar-refractivity contribution in [2.75, 3.05) is 0 Å². The molecule has 0 saturated heterocycles. The highest BCUT2D eigenvalue weighted by Crippen LogP contribution is 2.13. The first kappa shape index (κ1) is 11.9. The molecule has 1 aromatic carbocycles. The van der Waals surface area contributed by atoms with E-state index in [1.165, 1.54) is 6.92 Å². The molecule has 0 fully saturated rings. The van der Waals surface area contributed by atoms with Crippen LogP contribution in [0.4, 0.5) is 0 Å². The maximum Gasteiger partial charge on any atom is 0.222 e. The van der Waals surface area contributed by atoms with Crippen molar-refractivity contribution in [1.29, 1.82) is 0 Å². The van der Waals surface area contributed by atoms with Gasteiger partial charge in [-0.05, 0) is 23.8 Å². The van der Waals surface area contributed by atoms with Gasteiger partial charge in [-0.15, -0.1) is 0 Å². The molecule has 80 valence electrons. The smallest absolute Gasteiger partial charge is 0.222 e. The number of hydrogen-bond donors (Lipinski definition) is 2. The van der Waals surface area contributed by atoms with E-state index in [2.05, 4.69) is 10.6 Å². The van der Waals surface area contributed by atoms with Gasteiger partial charge in [-0.3, -0.25) is 4.79 Å². The Bertz CT molecular complexity index is 381. The van der Waals surface area contributed by atoms with E-state index in [0.717, 1.165) is 5.56 Å². The molecule has 0 aliphatic rings. The lowest BCUT2D eigenvalue weighted by atomic mass is 10.2. The van der Waals surface area contributed by atoms with Gasteiger partial charge in [-0.2, -0.15) is 0 Å². The van der Waals surface area contributed by atoms with E-state index in [1.807, 2.05) is 18.2 Å². The molecule has 0 bridgehead atoms. The zero-order valence-corrected chi connectivity index (χ0v) is 9.78. The van der Waals surface area contributed by atoms with Gasteiger partial charge in [0.25, 0.3) is 0 Å². The molecule has 0 aliphatic heterocycles. The van der Waals surface area contributed by atoms with Gasteiger partial charge in [0, 0.05) is 18.5 Å². The number of halogens is 1. The molecule has 0 atom stereocenters. The fourth-order valence-electron chi connectivity index (χ4n) is 1.02. The number of thiocarbonyl (C=S) groups is 1. The molecule has 2 N–H and O–H groups in total. The van der Waals surface area contributed by atoms with Crippen LogP contribution in [-0.4, -0.2) is 11.0 Å². The molecule has 1 amide bonds. The summed E-state index contributed by atoms with van der Waals surface area (Å²) in [5.74, 6) is -0.188. The molecular formula is C10H11ClN2OS. The highest BCUT2D eigenvalue weighted by atomic mass is 35.5. The van der Waals surface area contributed by atoms with E-state index in [0.29, 0.717) is 16.7 Å².